The lowest BCUT2D eigenvalue weighted by molar-refractivity contribution is -0.124. The average Bonchev–Trinajstić information content (AvgIpc) is 2.40. The first-order valence-corrected chi connectivity index (χ1v) is 5.91. The van der Waals surface area contributed by atoms with E-state index in [-0.39, 0.29) is 24.8 Å². The Labute approximate surface area is 110 Å². The summed E-state index contributed by atoms with van der Waals surface area (Å²) in [7, 11) is 0. The largest absolute Gasteiger partial charge is 0.482 e. The number of benzene rings is 1. The van der Waals surface area contributed by atoms with E-state index in [1.54, 1.807) is 25.1 Å². The molecule has 0 saturated heterocycles. The number of hydrogen-bond donors (Lipinski definition) is 1. The third kappa shape index (κ3) is 2.57. The first-order chi connectivity index (χ1) is 9.02. The standard InChI is InChI=1S/C13H14N2O4/c1-2-10(16)8-3-4-11-9(5-8)15(6-12(14)17)13(18)7-19-11/h3-5H,2,6-7H2,1H3,(H2,14,17). The summed E-state index contributed by atoms with van der Waals surface area (Å²) in [5, 5.41) is 0. The highest BCUT2D eigenvalue weighted by Gasteiger charge is 2.27. The lowest BCUT2D eigenvalue weighted by atomic mass is 10.1. The number of primary amides is 1. The Morgan fingerprint density at radius 1 is 1.42 bits per heavy atom. The zero-order valence-electron chi connectivity index (χ0n) is 10.5. The van der Waals surface area contributed by atoms with Crippen molar-refractivity contribution in [3.8, 4) is 5.75 Å². The van der Waals surface area contributed by atoms with Crippen molar-refractivity contribution in [1.29, 1.82) is 0 Å². The number of nitrogens with two attached hydrogens (primary N) is 1. The van der Waals surface area contributed by atoms with Gasteiger partial charge in [0.25, 0.3) is 5.91 Å². The van der Waals surface area contributed by atoms with Gasteiger partial charge in [-0.05, 0) is 18.2 Å². The molecular weight excluding hydrogens is 248 g/mol. The lowest BCUT2D eigenvalue weighted by Crippen LogP contribution is -2.43. The highest BCUT2D eigenvalue weighted by atomic mass is 16.5. The third-order valence-electron chi connectivity index (χ3n) is 2.86. The molecule has 0 saturated carbocycles. The Morgan fingerprint density at radius 3 is 2.79 bits per heavy atom. The molecule has 0 aromatic heterocycles. The highest BCUT2D eigenvalue weighted by Crippen LogP contribution is 2.33. The zero-order chi connectivity index (χ0) is 14.0. The van der Waals surface area contributed by atoms with Gasteiger partial charge in [-0.3, -0.25) is 19.3 Å². The Balaban J connectivity index is 2.43. The van der Waals surface area contributed by atoms with Crippen LogP contribution in [0.15, 0.2) is 18.2 Å². The molecule has 2 rings (SSSR count). The number of ketones is 1. The van der Waals surface area contributed by atoms with E-state index in [0.717, 1.165) is 0 Å². The molecule has 1 aromatic rings. The summed E-state index contributed by atoms with van der Waals surface area (Å²) in [5.74, 6) is -0.547. The Hall–Kier alpha value is -2.37. The smallest absolute Gasteiger partial charge is 0.265 e. The van der Waals surface area contributed by atoms with E-state index in [9.17, 15) is 14.4 Å². The molecule has 1 heterocycles. The molecule has 100 valence electrons. The van der Waals surface area contributed by atoms with Crippen molar-refractivity contribution in [2.45, 2.75) is 13.3 Å². The highest BCUT2D eigenvalue weighted by molar-refractivity contribution is 6.04. The van der Waals surface area contributed by atoms with Crippen LogP contribution in [0.5, 0.6) is 5.75 Å². The van der Waals surface area contributed by atoms with E-state index < -0.39 is 5.91 Å². The van der Waals surface area contributed by atoms with Crippen LogP contribution in [0.1, 0.15) is 23.7 Å². The Kier molecular flexibility index (Phi) is 3.50. The molecule has 0 bridgehead atoms. The van der Waals surface area contributed by atoms with Crippen molar-refractivity contribution in [2.75, 3.05) is 18.1 Å². The van der Waals surface area contributed by atoms with Gasteiger partial charge >= 0.3 is 0 Å². The van der Waals surface area contributed by atoms with Crippen LogP contribution in [0, 0.1) is 0 Å². The van der Waals surface area contributed by atoms with Gasteiger partial charge in [-0.15, -0.1) is 0 Å². The number of carbonyl (C=O) groups excluding carboxylic acids is 3. The summed E-state index contributed by atoms with van der Waals surface area (Å²) in [6, 6.07) is 4.82. The first kappa shape index (κ1) is 13.1. The van der Waals surface area contributed by atoms with Gasteiger partial charge in [-0.1, -0.05) is 6.92 Å². The molecule has 6 nitrogen and oxygen atoms in total. The molecule has 19 heavy (non-hydrogen) atoms. The number of amides is 2. The molecule has 0 atom stereocenters. The van der Waals surface area contributed by atoms with Crippen molar-refractivity contribution in [3.63, 3.8) is 0 Å². The van der Waals surface area contributed by atoms with E-state index in [1.807, 2.05) is 0 Å². The fourth-order valence-electron chi connectivity index (χ4n) is 1.91. The summed E-state index contributed by atoms with van der Waals surface area (Å²) in [6.07, 6.45) is 0.364. The van der Waals surface area contributed by atoms with Crippen molar-refractivity contribution in [3.05, 3.63) is 23.8 Å². The van der Waals surface area contributed by atoms with Gasteiger partial charge in [0.15, 0.2) is 12.4 Å². The summed E-state index contributed by atoms with van der Waals surface area (Å²) < 4.78 is 5.26. The van der Waals surface area contributed by atoms with E-state index in [1.165, 1.54) is 4.90 Å². The maximum atomic E-state index is 11.8. The second-order valence-corrected chi connectivity index (χ2v) is 4.19. The number of rotatable bonds is 4. The number of ether oxygens (including phenoxy) is 1. The topological polar surface area (TPSA) is 89.7 Å². The summed E-state index contributed by atoms with van der Waals surface area (Å²) in [5.41, 5.74) is 6.02. The van der Waals surface area contributed by atoms with Gasteiger partial charge in [0, 0.05) is 12.0 Å². The van der Waals surface area contributed by atoms with Crippen LogP contribution in [0.25, 0.3) is 0 Å². The molecule has 0 aliphatic carbocycles. The van der Waals surface area contributed by atoms with Crippen LogP contribution < -0.4 is 15.4 Å². The van der Waals surface area contributed by atoms with Crippen LogP contribution in [0.3, 0.4) is 0 Å². The van der Waals surface area contributed by atoms with Crippen LogP contribution in [0.2, 0.25) is 0 Å². The zero-order valence-corrected chi connectivity index (χ0v) is 10.5. The predicted octanol–water partition coefficient (Wildman–Crippen LogP) is 0.490. The molecule has 2 amide bonds. The van der Waals surface area contributed by atoms with Crippen molar-refractivity contribution in [2.24, 2.45) is 5.73 Å². The number of carbonyl (C=O) groups is 3. The van der Waals surface area contributed by atoms with E-state index in [4.69, 9.17) is 10.5 Å². The second-order valence-electron chi connectivity index (χ2n) is 4.19. The minimum absolute atomic E-state index is 0.0418. The molecule has 0 unspecified atom stereocenters. The minimum Gasteiger partial charge on any atom is -0.482 e. The fourth-order valence-corrected chi connectivity index (χ4v) is 1.91. The first-order valence-electron chi connectivity index (χ1n) is 5.91. The van der Waals surface area contributed by atoms with Crippen molar-refractivity contribution in [1.82, 2.24) is 0 Å². The molecular formula is C13H14N2O4. The quantitative estimate of drug-likeness (QED) is 0.799. The molecule has 1 aliphatic rings. The summed E-state index contributed by atoms with van der Waals surface area (Å²) in [4.78, 5) is 35.7. The number of nitrogens with zero attached hydrogens (tertiary/aromatic N) is 1. The third-order valence-corrected chi connectivity index (χ3v) is 2.86. The van der Waals surface area contributed by atoms with Gasteiger partial charge in [0.05, 0.1) is 5.69 Å². The van der Waals surface area contributed by atoms with Crippen LogP contribution >= 0.6 is 0 Å². The van der Waals surface area contributed by atoms with E-state index in [2.05, 4.69) is 0 Å². The van der Waals surface area contributed by atoms with E-state index >= 15 is 0 Å². The monoisotopic (exact) mass is 262 g/mol. The van der Waals surface area contributed by atoms with Gasteiger partial charge < -0.3 is 10.5 Å². The SMILES string of the molecule is CCC(=O)c1ccc2c(c1)N(CC(N)=O)C(=O)CO2. The molecule has 1 aromatic carbocycles. The number of fused-ring (bicyclic) bond motifs is 1. The Morgan fingerprint density at radius 2 is 2.16 bits per heavy atom. The Bertz CT molecular complexity index is 554. The van der Waals surface area contributed by atoms with E-state index in [0.29, 0.717) is 23.4 Å². The van der Waals surface area contributed by atoms with Crippen molar-refractivity contribution >= 4 is 23.3 Å². The second kappa shape index (κ2) is 5.09. The van der Waals surface area contributed by atoms with Gasteiger partial charge in [0.1, 0.15) is 12.3 Å². The van der Waals surface area contributed by atoms with Crippen LogP contribution in [0.4, 0.5) is 5.69 Å². The predicted molar refractivity (Wildman–Crippen MR) is 68.1 cm³/mol. The molecule has 2 N–H and O–H groups in total. The average molecular weight is 262 g/mol. The molecule has 0 fully saturated rings. The lowest BCUT2D eigenvalue weighted by Gasteiger charge is -2.28. The normalized spacial score (nSPS) is 13.7. The van der Waals surface area contributed by atoms with Crippen molar-refractivity contribution < 1.29 is 19.1 Å². The number of Topliss-reactive ketones (excluding diaryl/α,β-unsaturated/α-hetero) is 1. The van der Waals surface area contributed by atoms with Gasteiger partial charge in [-0.2, -0.15) is 0 Å². The molecule has 0 radical (unpaired) electrons. The molecule has 0 spiro atoms. The van der Waals surface area contributed by atoms with Crippen LogP contribution in [-0.2, 0) is 9.59 Å². The maximum Gasteiger partial charge on any atom is 0.265 e. The maximum absolute atomic E-state index is 11.8. The van der Waals surface area contributed by atoms with Crippen LogP contribution in [-0.4, -0.2) is 30.7 Å². The summed E-state index contributed by atoms with van der Waals surface area (Å²) in [6.45, 7) is 1.39. The fraction of sp³-hybridized carbons (Fsp3) is 0.308. The minimum atomic E-state index is -0.617. The van der Waals surface area contributed by atoms with Gasteiger partial charge in [-0.25, -0.2) is 0 Å². The molecule has 6 heteroatoms. The number of anilines is 1. The number of hydrogen-bond acceptors (Lipinski definition) is 4. The molecule has 1 aliphatic heterocycles. The van der Waals surface area contributed by atoms with Gasteiger partial charge in [0.2, 0.25) is 5.91 Å². The summed E-state index contributed by atoms with van der Waals surface area (Å²) >= 11 is 0.